The van der Waals surface area contributed by atoms with Crippen LogP contribution in [-0.2, 0) is 26.1 Å². The maximum atomic E-state index is 12.6. The fourth-order valence-electron chi connectivity index (χ4n) is 3.35. The molecule has 0 amide bonds. The molecular formula is C14H20N2O4S2. The third-order valence-electron chi connectivity index (χ3n) is 4.68. The standard InChI is InChI=1S/C14H20N2O4S2/c1-9-15-10(8-21-9)5-20-14-4-16(13-7-19-6-12(13)14)22(17,18)11-2-3-11/h8,11-14H,2-7H2,1H3/t12-,13+,14+/m0/s1. The second-order valence-electron chi connectivity index (χ2n) is 6.29. The maximum absolute atomic E-state index is 12.6. The van der Waals surface area contributed by atoms with Crippen molar-refractivity contribution in [3.8, 4) is 0 Å². The molecule has 2 aliphatic heterocycles. The number of ether oxygens (including phenoxy) is 2. The number of hydrogen-bond donors (Lipinski definition) is 0. The quantitative estimate of drug-likeness (QED) is 0.802. The highest BCUT2D eigenvalue weighted by Crippen LogP contribution is 2.40. The van der Waals surface area contributed by atoms with Gasteiger partial charge in [-0.25, -0.2) is 13.4 Å². The monoisotopic (exact) mass is 344 g/mol. The molecule has 3 atom stereocenters. The van der Waals surface area contributed by atoms with Crippen LogP contribution < -0.4 is 0 Å². The van der Waals surface area contributed by atoms with Crippen LogP contribution in [0.4, 0.5) is 0 Å². The van der Waals surface area contributed by atoms with Crippen molar-refractivity contribution >= 4 is 21.4 Å². The van der Waals surface area contributed by atoms with Crippen molar-refractivity contribution in [3.05, 3.63) is 16.1 Å². The molecule has 0 spiro atoms. The lowest BCUT2D eigenvalue weighted by Crippen LogP contribution is -2.40. The lowest BCUT2D eigenvalue weighted by Gasteiger charge is -2.21. The zero-order valence-electron chi connectivity index (χ0n) is 12.5. The average molecular weight is 344 g/mol. The van der Waals surface area contributed by atoms with Gasteiger partial charge in [0.2, 0.25) is 10.0 Å². The van der Waals surface area contributed by atoms with E-state index in [4.69, 9.17) is 9.47 Å². The summed E-state index contributed by atoms with van der Waals surface area (Å²) in [6, 6.07) is -0.0484. The highest BCUT2D eigenvalue weighted by Gasteiger charge is 2.53. The van der Waals surface area contributed by atoms with E-state index in [1.165, 1.54) is 0 Å². The summed E-state index contributed by atoms with van der Waals surface area (Å²) in [4.78, 5) is 4.39. The molecule has 0 N–H and O–H groups in total. The highest BCUT2D eigenvalue weighted by molar-refractivity contribution is 7.90. The molecule has 1 aromatic heterocycles. The van der Waals surface area contributed by atoms with Gasteiger partial charge in [-0.1, -0.05) is 0 Å². The van der Waals surface area contributed by atoms with Gasteiger partial charge in [0.05, 0.1) is 47.9 Å². The second kappa shape index (κ2) is 5.52. The minimum Gasteiger partial charge on any atom is -0.379 e. The van der Waals surface area contributed by atoms with E-state index >= 15 is 0 Å². The van der Waals surface area contributed by atoms with Crippen LogP contribution in [0.2, 0.25) is 0 Å². The van der Waals surface area contributed by atoms with Crippen LogP contribution in [0.5, 0.6) is 0 Å². The molecule has 3 fully saturated rings. The first-order chi connectivity index (χ1) is 10.6. The van der Waals surface area contributed by atoms with Crippen LogP contribution in [-0.4, -0.2) is 54.9 Å². The molecule has 1 aliphatic carbocycles. The fraction of sp³-hybridized carbons (Fsp3) is 0.786. The number of thiazole rings is 1. The Hall–Kier alpha value is -0.540. The number of fused-ring (bicyclic) bond motifs is 1. The lowest BCUT2D eigenvalue weighted by molar-refractivity contribution is 0.0114. The molecule has 3 aliphatic rings. The van der Waals surface area contributed by atoms with Crippen LogP contribution in [0.25, 0.3) is 0 Å². The molecule has 3 heterocycles. The van der Waals surface area contributed by atoms with Crippen LogP contribution in [0.15, 0.2) is 5.38 Å². The highest BCUT2D eigenvalue weighted by atomic mass is 32.2. The Morgan fingerprint density at radius 1 is 1.45 bits per heavy atom. The van der Waals surface area contributed by atoms with Crippen molar-refractivity contribution in [2.75, 3.05) is 19.8 Å². The maximum Gasteiger partial charge on any atom is 0.217 e. The molecule has 1 aromatic rings. The number of hydrogen-bond acceptors (Lipinski definition) is 6. The number of sulfonamides is 1. The predicted molar refractivity (Wildman–Crippen MR) is 82.2 cm³/mol. The second-order valence-corrected chi connectivity index (χ2v) is 9.52. The van der Waals surface area contributed by atoms with Crippen molar-refractivity contribution in [1.82, 2.24) is 9.29 Å². The van der Waals surface area contributed by atoms with E-state index in [1.54, 1.807) is 15.6 Å². The molecule has 0 unspecified atom stereocenters. The summed E-state index contributed by atoms with van der Waals surface area (Å²) < 4.78 is 38.3. The van der Waals surface area contributed by atoms with E-state index in [0.717, 1.165) is 23.5 Å². The van der Waals surface area contributed by atoms with E-state index in [0.29, 0.717) is 26.4 Å². The molecule has 1 saturated carbocycles. The van der Waals surface area contributed by atoms with Gasteiger partial charge in [0, 0.05) is 17.8 Å². The summed E-state index contributed by atoms with van der Waals surface area (Å²) in [7, 11) is -3.17. The Morgan fingerprint density at radius 3 is 2.95 bits per heavy atom. The fourth-order valence-corrected chi connectivity index (χ4v) is 6.01. The molecule has 6 nitrogen and oxygen atoms in total. The van der Waals surface area contributed by atoms with Gasteiger partial charge in [-0.15, -0.1) is 11.3 Å². The molecule has 8 heteroatoms. The minimum absolute atomic E-state index is 0.0484. The molecule has 0 radical (unpaired) electrons. The Balaban J connectivity index is 1.47. The number of nitrogens with zero attached hydrogens (tertiary/aromatic N) is 2. The van der Waals surface area contributed by atoms with Gasteiger partial charge in [0.15, 0.2) is 0 Å². The largest absolute Gasteiger partial charge is 0.379 e. The zero-order valence-corrected chi connectivity index (χ0v) is 14.1. The minimum atomic E-state index is -3.17. The van der Waals surface area contributed by atoms with Gasteiger partial charge in [0.25, 0.3) is 0 Å². The van der Waals surface area contributed by atoms with Crippen molar-refractivity contribution in [2.45, 2.75) is 43.8 Å². The van der Waals surface area contributed by atoms with Crippen LogP contribution in [0, 0.1) is 12.8 Å². The van der Waals surface area contributed by atoms with Crippen LogP contribution in [0.3, 0.4) is 0 Å². The van der Waals surface area contributed by atoms with Gasteiger partial charge in [-0.3, -0.25) is 0 Å². The number of aryl methyl sites for hydroxylation is 1. The molecule has 22 heavy (non-hydrogen) atoms. The Kier molecular flexibility index (Phi) is 3.77. The van der Waals surface area contributed by atoms with Gasteiger partial charge in [-0.05, 0) is 19.8 Å². The van der Waals surface area contributed by atoms with E-state index < -0.39 is 10.0 Å². The van der Waals surface area contributed by atoms with Crippen LogP contribution >= 0.6 is 11.3 Å². The van der Waals surface area contributed by atoms with Crippen molar-refractivity contribution in [2.24, 2.45) is 5.92 Å². The summed E-state index contributed by atoms with van der Waals surface area (Å²) in [6.07, 6.45) is 1.49. The summed E-state index contributed by atoms with van der Waals surface area (Å²) >= 11 is 1.60. The summed E-state index contributed by atoms with van der Waals surface area (Å²) in [5.41, 5.74) is 0.918. The average Bonchev–Trinajstić information content (AvgIpc) is 2.94. The van der Waals surface area contributed by atoms with Gasteiger partial charge in [0.1, 0.15) is 0 Å². The Labute approximate surface area is 134 Å². The molecule has 0 aromatic carbocycles. The van der Waals surface area contributed by atoms with Crippen molar-refractivity contribution in [3.63, 3.8) is 0 Å². The normalized spacial score (nSPS) is 32.5. The van der Waals surface area contributed by atoms with Crippen molar-refractivity contribution < 1.29 is 17.9 Å². The third-order valence-corrected chi connectivity index (χ3v) is 7.89. The molecular weight excluding hydrogens is 324 g/mol. The SMILES string of the molecule is Cc1nc(CO[C@@H]2CN(S(=O)(=O)C3CC3)[C@@H]3COC[C@@H]32)cs1. The summed E-state index contributed by atoms with van der Waals surface area (Å²) in [5, 5.41) is 2.84. The van der Waals surface area contributed by atoms with E-state index in [2.05, 4.69) is 4.98 Å². The van der Waals surface area contributed by atoms with E-state index in [9.17, 15) is 8.42 Å². The summed E-state index contributed by atoms with van der Waals surface area (Å²) in [6.45, 7) is 3.94. The van der Waals surface area contributed by atoms with Gasteiger partial charge in [-0.2, -0.15) is 4.31 Å². The smallest absolute Gasteiger partial charge is 0.217 e. The first kappa shape index (κ1) is 15.0. The first-order valence-electron chi connectivity index (χ1n) is 7.66. The topological polar surface area (TPSA) is 68.7 Å². The van der Waals surface area contributed by atoms with Crippen LogP contribution in [0.1, 0.15) is 23.5 Å². The van der Waals surface area contributed by atoms with Gasteiger partial charge < -0.3 is 9.47 Å². The summed E-state index contributed by atoms with van der Waals surface area (Å²) in [5.74, 6) is 0.147. The zero-order chi connectivity index (χ0) is 15.3. The molecule has 4 rings (SSSR count). The molecule has 2 saturated heterocycles. The molecule has 122 valence electrons. The number of aromatic nitrogens is 1. The van der Waals surface area contributed by atoms with Gasteiger partial charge >= 0.3 is 0 Å². The van der Waals surface area contributed by atoms with Crippen molar-refractivity contribution in [1.29, 1.82) is 0 Å². The molecule has 0 bridgehead atoms. The third kappa shape index (κ3) is 2.60. The predicted octanol–water partition coefficient (Wildman–Crippen LogP) is 1.16. The Bertz CT molecular complexity index is 656. The van der Waals surface area contributed by atoms with E-state index in [-0.39, 0.29) is 23.3 Å². The van der Waals surface area contributed by atoms with E-state index in [1.807, 2.05) is 12.3 Å². The Morgan fingerprint density at radius 2 is 2.27 bits per heavy atom. The first-order valence-corrected chi connectivity index (χ1v) is 10.0. The lowest BCUT2D eigenvalue weighted by atomic mass is 10.0. The number of rotatable bonds is 5.